The first-order valence-corrected chi connectivity index (χ1v) is 7.91. The largest absolute Gasteiger partial charge is 0.444 e. The molecule has 5 heteroatoms. The van der Waals surface area contributed by atoms with Gasteiger partial charge in [0, 0.05) is 25.7 Å². The molecule has 3 N–H and O–H groups in total. The van der Waals surface area contributed by atoms with Crippen molar-refractivity contribution in [1.82, 2.24) is 16.0 Å². The first kappa shape index (κ1) is 16.8. The van der Waals surface area contributed by atoms with Crippen LogP contribution in [-0.4, -0.2) is 30.8 Å². The van der Waals surface area contributed by atoms with E-state index in [1.54, 1.807) is 0 Å². The molecule has 1 saturated heterocycles. The Bertz CT molecular complexity index is 474. The Kier molecular flexibility index (Phi) is 5.80. The normalized spacial score (nSPS) is 18.2. The van der Waals surface area contributed by atoms with E-state index in [1.807, 2.05) is 32.9 Å². The van der Waals surface area contributed by atoms with Gasteiger partial charge in [-0.2, -0.15) is 0 Å². The summed E-state index contributed by atoms with van der Waals surface area (Å²) in [7, 11) is 0. The van der Waals surface area contributed by atoms with Gasteiger partial charge in [-0.25, -0.2) is 4.79 Å². The number of hydrogen-bond acceptors (Lipinski definition) is 4. The maximum Gasteiger partial charge on any atom is 0.407 e. The Morgan fingerprint density at radius 3 is 2.41 bits per heavy atom. The fraction of sp³-hybridized carbons (Fsp3) is 0.588. The van der Waals surface area contributed by atoms with Crippen molar-refractivity contribution in [3.63, 3.8) is 0 Å². The molecule has 0 aliphatic carbocycles. The second-order valence-electron chi connectivity index (χ2n) is 6.74. The lowest BCUT2D eigenvalue weighted by Crippen LogP contribution is -2.32. The maximum atomic E-state index is 11.6. The molecule has 122 valence electrons. The maximum absolute atomic E-state index is 11.6. The SMILES string of the molecule is CC(C)(C)OC(=O)NCc1ccc(CNC2CCNC2)cc1. The minimum atomic E-state index is -0.464. The molecule has 2 rings (SSSR count). The summed E-state index contributed by atoms with van der Waals surface area (Å²) in [6.07, 6.45) is 0.810. The average Bonchev–Trinajstić information content (AvgIpc) is 2.95. The lowest BCUT2D eigenvalue weighted by molar-refractivity contribution is 0.0523. The number of rotatable bonds is 5. The fourth-order valence-corrected chi connectivity index (χ4v) is 2.35. The Hall–Kier alpha value is -1.59. The molecule has 1 atom stereocenters. The van der Waals surface area contributed by atoms with Gasteiger partial charge in [0.15, 0.2) is 0 Å². The van der Waals surface area contributed by atoms with Crippen LogP contribution in [0.2, 0.25) is 0 Å². The van der Waals surface area contributed by atoms with E-state index in [9.17, 15) is 4.79 Å². The van der Waals surface area contributed by atoms with Crippen molar-refractivity contribution in [3.05, 3.63) is 35.4 Å². The van der Waals surface area contributed by atoms with Crippen LogP contribution in [0.15, 0.2) is 24.3 Å². The van der Waals surface area contributed by atoms with Crippen molar-refractivity contribution < 1.29 is 9.53 Å². The molecule has 1 heterocycles. The van der Waals surface area contributed by atoms with Crippen molar-refractivity contribution in [1.29, 1.82) is 0 Å². The Morgan fingerprint density at radius 2 is 1.86 bits per heavy atom. The summed E-state index contributed by atoms with van der Waals surface area (Å²) in [6.45, 7) is 9.09. The number of amides is 1. The van der Waals surface area contributed by atoms with Gasteiger partial charge in [0.1, 0.15) is 5.60 Å². The van der Waals surface area contributed by atoms with Gasteiger partial charge >= 0.3 is 6.09 Å². The summed E-state index contributed by atoms with van der Waals surface area (Å²) < 4.78 is 5.21. The first-order chi connectivity index (χ1) is 10.4. The number of carbonyl (C=O) groups excluding carboxylic acids is 1. The van der Waals surface area contributed by atoms with Crippen LogP contribution in [-0.2, 0) is 17.8 Å². The number of alkyl carbamates (subject to hydrolysis) is 1. The number of nitrogens with one attached hydrogen (secondary N) is 3. The van der Waals surface area contributed by atoms with Gasteiger partial charge in [-0.3, -0.25) is 0 Å². The summed E-state index contributed by atoms with van der Waals surface area (Å²) in [6, 6.07) is 8.86. The molecule has 0 bridgehead atoms. The van der Waals surface area contributed by atoms with E-state index in [4.69, 9.17) is 4.74 Å². The summed E-state index contributed by atoms with van der Waals surface area (Å²) >= 11 is 0. The second kappa shape index (κ2) is 7.61. The molecular formula is C17H27N3O2. The lowest BCUT2D eigenvalue weighted by Gasteiger charge is -2.19. The van der Waals surface area contributed by atoms with Crippen molar-refractivity contribution in [3.8, 4) is 0 Å². The summed E-state index contributed by atoms with van der Waals surface area (Å²) in [5.74, 6) is 0. The van der Waals surface area contributed by atoms with Gasteiger partial charge in [0.05, 0.1) is 0 Å². The van der Waals surface area contributed by atoms with Crippen LogP contribution in [0, 0.1) is 0 Å². The Morgan fingerprint density at radius 1 is 1.23 bits per heavy atom. The zero-order valence-corrected chi connectivity index (χ0v) is 13.7. The molecule has 1 aliphatic rings. The molecule has 0 spiro atoms. The highest BCUT2D eigenvalue weighted by molar-refractivity contribution is 5.67. The zero-order valence-electron chi connectivity index (χ0n) is 13.7. The molecular weight excluding hydrogens is 278 g/mol. The Labute approximate surface area is 132 Å². The third kappa shape index (κ3) is 6.03. The topological polar surface area (TPSA) is 62.4 Å². The Balaban J connectivity index is 1.73. The second-order valence-corrected chi connectivity index (χ2v) is 6.74. The minimum absolute atomic E-state index is 0.382. The van der Waals surface area contributed by atoms with Gasteiger partial charge in [-0.15, -0.1) is 0 Å². The van der Waals surface area contributed by atoms with Crippen molar-refractivity contribution in [2.75, 3.05) is 13.1 Å². The number of benzene rings is 1. The van der Waals surface area contributed by atoms with Gasteiger partial charge in [0.2, 0.25) is 0 Å². The fourth-order valence-electron chi connectivity index (χ4n) is 2.35. The summed E-state index contributed by atoms with van der Waals surface area (Å²) in [5.41, 5.74) is 1.86. The highest BCUT2D eigenvalue weighted by atomic mass is 16.6. The van der Waals surface area contributed by atoms with E-state index in [2.05, 4.69) is 28.1 Å². The third-order valence-electron chi connectivity index (χ3n) is 3.51. The molecule has 5 nitrogen and oxygen atoms in total. The van der Waals surface area contributed by atoms with Crippen molar-refractivity contribution in [2.45, 2.75) is 51.9 Å². The van der Waals surface area contributed by atoms with Crippen LogP contribution in [0.1, 0.15) is 38.3 Å². The highest BCUT2D eigenvalue weighted by Gasteiger charge is 2.15. The van der Waals surface area contributed by atoms with Crippen molar-refractivity contribution in [2.24, 2.45) is 0 Å². The molecule has 0 aromatic heterocycles. The zero-order chi connectivity index (χ0) is 16.0. The molecule has 1 unspecified atom stereocenters. The van der Waals surface area contributed by atoms with E-state index in [1.165, 1.54) is 12.0 Å². The quantitative estimate of drug-likeness (QED) is 0.780. The monoisotopic (exact) mass is 305 g/mol. The van der Waals surface area contributed by atoms with Gasteiger partial charge < -0.3 is 20.7 Å². The molecule has 1 amide bonds. The third-order valence-corrected chi connectivity index (χ3v) is 3.51. The molecule has 1 aromatic carbocycles. The van der Waals surface area contributed by atoms with E-state index < -0.39 is 5.60 Å². The first-order valence-electron chi connectivity index (χ1n) is 7.91. The van der Waals surface area contributed by atoms with Crippen molar-refractivity contribution >= 4 is 6.09 Å². The van der Waals surface area contributed by atoms with Crippen LogP contribution < -0.4 is 16.0 Å². The summed E-state index contributed by atoms with van der Waals surface area (Å²) in [5, 5.41) is 9.65. The number of hydrogen-bond donors (Lipinski definition) is 3. The van der Waals surface area contributed by atoms with Gasteiger partial charge in [-0.05, 0) is 44.9 Å². The lowest BCUT2D eigenvalue weighted by atomic mass is 10.1. The van der Waals surface area contributed by atoms with Crippen LogP contribution in [0.4, 0.5) is 4.79 Å². The predicted molar refractivity (Wildman–Crippen MR) is 87.6 cm³/mol. The molecule has 1 fully saturated rings. The van der Waals surface area contributed by atoms with E-state index in [0.717, 1.165) is 25.2 Å². The van der Waals surface area contributed by atoms with Crippen LogP contribution >= 0.6 is 0 Å². The van der Waals surface area contributed by atoms with Gasteiger partial charge in [0.25, 0.3) is 0 Å². The predicted octanol–water partition coefficient (Wildman–Crippen LogP) is 2.16. The van der Waals surface area contributed by atoms with Gasteiger partial charge in [-0.1, -0.05) is 24.3 Å². The molecule has 0 radical (unpaired) electrons. The minimum Gasteiger partial charge on any atom is -0.444 e. The van der Waals surface area contributed by atoms with Crippen LogP contribution in [0.3, 0.4) is 0 Å². The van der Waals surface area contributed by atoms with Crippen LogP contribution in [0.25, 0.3) is 0 Å². The average molecular weight is 305 g/mol. The smallest absolute Gasteiger partial charge is 0.407 e. The van der Waals surface area contributed by atoms with Crippen LogP contribution in [0.5, 0.6) is 0 Å². The van der Waals surface area contributed by atoms with E-state index >= 15 is 0 Å². The van der Waals surface area contributed by atoms with E-state index in [-0.39, 0.29) is 6.09 Å². The number of ether oxygens (including phenoxy) is 1. The molecule has 1 aromatic rings. The highest BCUT2D eigenvalue weighted by Crippen LogP contribution is 2.08. The van der Waals surface area contributed by atoms with E-state index in [0.29, 0.717) is 12.6 Å². The number of carbonyl (C=O) groups is 1. The molecule has 1 aliphatic heterocycles. The standard InChI is InChI=1S/C17H27N3O2/c1-17(2,3)22-16(21)20-11-14-6-4-13(5-7-14)10-19-15-8-9-18-12-15/h4-7,15,18-19H,8-12H2,1-3H3,(H,20,21). The molecule has 22 heavy (non-hydrogen) atoms. The summed E-state index contributed by atoms with van der Waals surface area (Å²) in [4.78, 5) is 11.6. The molecule has 0 saturated carbocycles.